The monoisotopic (exact) mass is 413 g/mol. The Morgan fingerprint density at radius 1 is 1.23 bits per heavy atom. The van der Waals surface area contributed by atoms with Crippen LogP contribution in [-0.2, 0) is 26.9 Å². The highest BCUT2D eigenvalue weighted by Gasteiger charge is 2.31. The molecule has 0 saturated carbocycles. The summed E-state index contributed by atoms with van der Waals surface area (Å²) in [6, 6.07) is 12.4. The van der Waals surface area contributed by atoms with E-state index >= 15 is 0 Å². The Morgan fingerprint density at radius 2 is 2.00 bits per heavy atom. The summed E-state index contributed by atoms with van der Waals surface area (Å²) in [4.78, 5) is 11.2. The number of hydrogen-bond donors (Lipinski definition) is 1. The molecule has 5 nitrogen and oxygen atoms in total. The zero-order chi connectivity index (χ0) is 18.7. The van der Waals surface area contributed by atoms with E-state index in [2.05, 4.69) is 0 Å². The van der Waals surface area contributed by atoms with Crippen molar-refractivity contribution >= 4 is 45.8 Å². The second kappa shape index (κ2) is 8.39. The quantitative estimate of drug-likeness (QED) is 0.778. The van der Waals surface area contributed by atoms with Gasteiger partial charge in [-0.3, -0.25) is 4.31 Å². The number of carboxylic acid groups (broad SMARTS) is 1. The molecule has 2 aromatic carbocycles. The smallest absolute Gasteiger partial charge is 0.329 e. The molecule has 138 valence electrons. The lowest BCUT2D eigenvalue weighted by Crippen LogP contribution is -2.43. The van der Waals surface area contributed by atoms with Gasteiger partial charge in [-0.2, -0.15) is 0 Å². The average Bonchev–Trinajstić information content (AvgIpc) is 2.63. The molecule has 0 saturated heterocycles. The van der Waals surface area contributed by atoms with E-state index in [1.807, 2.05) is 24.3 Å². The van der Waals surface area contributed by atoms with E-state index in [-0.39, 0.29) is 19.3 Å². The summed E-state index contributed by atoms with van der Waals surface area (Å²) in [5.41, 5.74) is 1.95. The number of nitrogens with zero attached hydrogens (tertiary/aromatic N) is 1. The van der Waals surface area contributed by atoms with Crippen molar-refractivity contribution < 1.29 is 18.8 Å². The molecule has 0 radical (unpaired) electrons. The van der Waals surface area contributed by atoms with Crippen LogP contribution in [0.2, 0.25) is 10.0 Å². The molecule has 1 aliphatic rings. The molecule has 0 spiro atoms. The van der Waals surface area contributed by atoms with Crippen LogP contribution < -0.4 is 4.31 Å². The molecular formula is C18H17Cl2NO4S. The minimum absolute atomic E-state index is 0.174. The third-order valence-corrected chi connectivity index (χ3v) is 6.36. The molecule has 2 atom stereocenters. The van der Waals surface area contributed by atoms with Crippen LogP contribution in [0.15, 0.2) is 47.4 Å². The molecule has 2 aromatic rings. The second-order valence-electron chi connectivity index (χ2n) is 5.88. The first kappa shape index (κ1) is 19.2. The molecule has 3 rings (SSSR count). The van der Waals surface area contributed by atoms with Gasteiger partial charge in [-0.1, -0.05) is 41.4 Å². The lowest BCUT2D eigenvalue weighted by atomic mass is 9.98. The van der Waals surface area contributed by atoms with Crippen LogP contribution in [0.4, 0.5) is 5.69 Å². The number of halogens is 2. The van der Waals surface area contributed by atoms with Gasteiger partial charge in [0.25, 0.3) is 0 Å². The van der Waals surface area contributed by atoms with Gasteiger partial charge in [0.15, 0.2) is 11.0 Å². The highest BCUT2D eigenvalue weighted by molar-refractivity contribution is 7.86. The van der Waals surface area contributed by atoms with Crippen molar-refractivity contribution in [3.05, 3.63) is 58.1 Å². The summed E-state index contributed by atoms with van der Waals surface area (Å²) in [5, 5.41) is 9.52. The number of rotatable bonds is 6. The largest absolute Gasteiger partial charge is 0.480 e. The molecular weight excluding hydrogens is 397 g/mol. The molecule has 26 heavy (non-hydrogen) atoms. The van der Waals surface area contributed by atoms with E-state index < -0.39 is 17.0 Å². The Bertz CT molecular complexity index is 846. The van der Waals surface area contributed by atoms with E-state index in [0.717, 1.165) is 17.7 Å². The topological polar surface area (TPSA) is 66.8 Å². The minimum Gasteiger partial charge on any atom is -0.480 e. The molecule has 1 heterocycles. The molecule has 1 aliphatic heterocycles. The van der Waals surface area contributed by atoms with Crippen LogP contribution >= 0.6 is 23.2 Å². The van der Waals surface area contributed by atoms with E-state index in [4.69, 9.17) is 33.0 Å². The third-order valence-electron chi connectivity index (χ3n) is 4.11. The standard InChI is InChI=1S/C18H17Cl2NO4S/c19-15-8-7-14(9-16(15)20)26(24)21-13(10-25-11-18(22)23)6-5-12-3-1-2-4-17(12)21/h1-4,7-9,13H,5-6,10-11H2,(H,22,23). The zero-order valence-corrected chi connectivity index (χ0v) is 16.1. The Kier molecular flexibility index (Phi) is 6.19. The number of para-hydroxylation sites is 1. The molecule has 2 unspecified atom stereocenters. The van der Waals surface area contributed by atoms with Crippen molar-refractivity contribution in [2.45, 2.75) is 23.8 Å². The Labute approximate surface area is 164 Å². The van der Waals surface area contributed by atoms with Crippen LogP contribution in [0.25, 0.3) is 0 Å². The van der Waals surface area contributed by atoms with Crippen molar-refractivity contribution in [2.24, 2.45) is 0 Å². The lowest BCUT2D eigenvalue weighted by Gasteiger charge is -2.37. The molecule has 0 fully saturated rings. The third kappa shape index (κ3) is 4.20. The van der Waals surface area contributed by atoms with Crippen LogP contribution in [0.5, 0.6) is 0 Å². The van der Waals surface area contributed by atoms with E-state index in [0.29, 0.717) is 21.4 Å². The van der Waals surface area contributed by atoms with Gasteiger partial charge in [-0.15, -0.1) is 0 Å². The predicted octanol–water partition coefficient (Wildman–Crippen LogP) is 3.94. The van der Waals surface area contributed by atoms with Crippen LogP contribution in [0, 0.1) is 0 Å². The summed E-state index contributed by atoms with van der Waals surface area (Å²) < 4.78 is 20.4. The van der Waals surface area contributed by atoms with Gasteiger partial charge >= 0.3 is 5.97 Å². The molecule has 0 amide bonds. The molecule has 0 aliphatic carbocycles. The fourth-order valence-corrected chi connectivity index (χ4v) is 4.72. The van der Waals surface area contributed by atoms with Gasteiger partial charge in [-0.25, -0.2) is 9.00 Å². The first-order valence-corrected chi connectivity index (χ1v) is 9.87. The predicted molar refractivity (Wildman–Crippen MR) is 102 cm³/mol. The van der Waals surface area contributed by atoms with Gasteiger partial charge < -0.3 is 9.84 Å². The maximum absolute atomic E-state index is 13.3. The summed E-state index contributed by atoms with van der Waals surface area (Å²) >= 11 is 12.0. The van der Waals surface area contributed by atoms with Gasteiger partial charge in [-0.05, 0) is 42.7 Å². The van der Waals surface area contributed by atoms with E-state index in [1.54, 1.807) is 22.5 Å². The molecule has 8 heteroatoms. The van der Waals surface area contributed by atoms with Gasteiger partial charge in [0.1, 0.15) is 6.61 Å². The summed E-state index contributed by atoms with van der Waals surface area (Å²) in [6.45, 7) is -0.209. The average molecular weight is 414 g/mol. The number of carboxylic acids is 1. The van der Waals surface area contributed by atoms with E-state index in [9.17, 15) is 9.00 Å². The summed E-state index contributed by atoms with van der Waals surface area (Å²) in [7, 11) is -1.53. The Morgan fingerprint density at radius 3 is 2.73 bits per heavy atom. The highest BCUT2D eigenvalue weighted by Crippen LogP contribution is 2.35. The summed E-state index contributed by atoms with van der Waals surface area (Å²) in [6.07, 6.45) is 1.52. The van der Waals surface area contributed by atoms with Gasteiger partial charge in [0.05, 0.1) is 33.3 Å². The van der Waals surface area contributed by atoms with Crippen molar-refractivity contribution in [3.8, 4) is 0 Å². The fraction of sp³-hybridized carbons (Fsp3) is 0.278. The number of hydrogen-bond acceptors (Lipinski definition) is 3. The maximum atomic E-state index is 13.3. The van der Waals surface area contributed by atoms with Crippen molar-refractivity contribution in [1.29, 1.82) is 0 Å². The number of benzene rings is 2. The van der Waals surface area contributed by atoms with Crippen LogP contribution in [0.1, 0.15) is 12.0 Å². The second-order valence-corrected chi connectivity index (χ2v) is 8.06. The SMILES string of the molecule is O=C(O)COCC1CCc2ccccc2N1S(=O)c1ccc(Cl)c(Cl)c1. The van der Waals surface area contributed by atoms with Gasteiger partial charge in [0.2, 0.25) is 0 Å². The van der Waals surface area contributed by atoms with Crippen molar-refractivity contribution in [3.63, 3.8) is 0 Å². The number of aliphatic carboxylic acids is 1. The zero-order valence-electron chi connectivity index (χ0n) is 13.7. The Balaban J connectivity index is 1.92. The van der Waals surface area contributed by atoms with Crippen LogP contribution in [0.3, 0.4) is 0 Å². The Hall–Kier alpha value is -1.60. The fourth-order valence-electron chi connectivity index (χ4n) is 2.93. The lowest BCUT2D eigenvalue weighted by molar-refractivity contribution is -0.142. The maximum Gasteiger partial charge on any atom is 0.329 e. The van der Waals surface area contributed by atoms with Gasteiger partial charge in [0, 0.05) is 0 Å². The number of carbonyl (C=O) groups is 1. The molecule has 0 aromatic heterocycles. The van der Waals surface area contributed by atoms with E-state index in [1.165, 1.54) is 0 Å². The minimum atomic E-state index is -1.53. The first-order chi connectivity index (χ1) is 12.5. The number of ether oxygens (including phenoxy) is 1. The van der Waals surface area contributed by atoms with Crippen LogP contribution in [-0.4, -0.2) is 34.5 Å². The number of fused-ring (bicyclic) bond motifs is 1. The first-order valence-electron chi connectivity index (χ1n) is 8.01. The highest BCUT2D eigenvalue weighted by atomic mass is 35.5. The molecule has 0 bridgehead atoms. The summed E-state index contributed by atoms with van der Waals surface area (Å²) in [5.74, 6) is -1.03. The molecule has 1 N–H and O–H groups in total. The number of anilines is 1. The van der Waals surface area contributed by atoms with Crippen molar-refractivity contribution in [2.75, 3.05) is 17.5 Å². The van der Waals surface area contributed by atoms with Crippen molar-refractivity contribution in [1.82, 2.24) is 0 Å². The number of aryl methyl sites for hydroxylation is 1. The normalized spacial score (nSPS) is 17.6.